The summed E-state index contributed by atoms with van der Waals surface area (Å²) in [5, 5.41) is 33.1. The van der Waals surface area contributed by atoms with Gasteiger partial charge >= 0.3 is 17.9 Å². The Morgan fingerprint density at radius 2 is 1.23 bits per heavy atom. The Bertz CT molecular complexity index is 805. The fraction of sp³-hybridized carbons (Fsp3) is 0.632. The van der Waals surface area contributed by atoms with Crippen molar-refractivity contribution in [2.24, 2.45) is 17.2 Å². The quantitative estimate of drug-likeness (QED) is 0.0812. The van der Waals surface area contributed by atoms with Crippen LogP contribution in [0.4, 0.5) is 0 Å². The average molecular weight is 504 g/mol. The summed E-state index contributed by atoms with van der Waals surface area (Å²) in [6.07, 6.45) is -1.36. The summed E-state index contributed by atoms with van der Waals surface area (Å²) in [7, 11) is 0. The van der Waals surface area contributed by atoms with Gasteiger partial charge in [-0.25, -0.2) is 4.79 Å². The summed E-state index contributed by atoms with van der Waals surface area (Å²) in [5.41, 5.74) is 16.2. The number of hydrogen-bond donors (Lipinski definition) is 9. The maximum Gasteiger partial charge on any atom is 0.326 e. The van der Waals surface area contributed by atoms with Gasteiger partial charge in [-0.3, -0.25) is 28.8 Å². The third-order valence-electron chi connectivity index (χ3n) is 4.62. The Kier molecular flexibility index (Phi) is 14.2. The van der Waals surface area contributed by atoms with Crippen molar-refractivity contribution in [2.75, 3.05) is 6.54 Å². The number of rotatable bonds is 18. The van der Waals surface area contributed by atoms with Gasteiger partial charge in [-0.15, -0.1) is 0 Å². The summed E-state index contributed by atoms with van der Waals surface area (Å²) in [6.45, 7) is 0.385. The fourth-order valence-electron chi connectivity index (χ4n) is 2.78. The number of carbonyl (C=O) groups is 7. The number of primary amides is 1. The van der Waals surface area contributed by atoms with E-state index >= 15 is 0 Å². The van der Waals surface area contributed by atoms with Crippen LogP contribution in [0.3, 0.4) is 0 Å². The number of carboxylic acid groups (broad SMARTS) is 3. The third kappa shape index (κ3) is 13.5. The molecule has 0 aliphatic carbocycles. The number of nitrogens with two attached hydrogens (primary N) is 3. The smallest absolute Gasteiger partial charge is 0.326 e. The van der Waals surface area contributed by atoms with Gasteiger partial charge in [0, 0.05) is 6.42 Å². The molecule has 198 valence electrons. The monoisotopic (exact) mass is 504 g/mol. The van der Waals surface area contributed by atoms with Crippen LogP contribution in [0.1, 0.15) is 44.9 Å². The summed E-state index contributed by atoms with van der Waals surface area (Å²) in [5.74, 6) is -8.63. The third-order valence-corrected chi connectivity index (χ3v) is 4.62. The molecule has 0 aliphatic rings. The standard InChI is InChI=1S/C19H32N6O10/c20-6-2-1-3-9(21)16(31)23-10(4-5-14(27)28)17(32)24-11(7-13(22)26)18(33)25-12(19(34)35)8-15(29)30/h9-12H,1-8,20-21H2,(H2,22,26)(H,23,31)(H,24,32)(H,25,33)(H,27,28)(H,29,30)(H,34,35). The first kappa shape index (κ1) is 31.2. The van der Waals surface area contributed by atoms with Gasteiger partial charge in [0.2, 0.25) is 23.6 Å². The fourth-order valence-corrected chi connectivity index (χ4v) is 2.78. The molecule has 0 rings (SSSR count). The molecule has 4 amide bonds. The van der Waals surface area contributed by atoms with E-state index in [-0.39, 0.29) is 6.42 Å². The summed E-state index contributed by atoms with van der Waals surface area (Å²) >= 11 is 0. The predicted molar refractivity (Wildman–Crippen MR) is 117 cm³/mol. The van der Waals surface area contributed by atoms with E-state index in [0.29, 0.717) is 19.4 Å². The zero-order chi connectivity index (χ0) is 27.1. The van der Waals surface area contributed by atoms with Gasteiger partial charge in [0.25, 0.3) is 0 Å². The van der Waals surface area contributed by atoms with Crippen molar-refractivity contribution >= 4 is 41.5 Å². The van der Waals surface area contributed by atoms with E-state index in [4.69, 9.17) is 32.5 Å². The highest BCUT2D eigenvalue weighted by molar-refractivity contribution is 5.96. The van der Waals surface area contributed by atoms with E-state index in [1.54, 1.807) is 0 Å². The van der Waals surface area contributed by atoms with E-state index in [1.165, 1.54) is 0 Å². The Morgan fingerprint density at radius 1 is 0.686 bits per heavy atom. The lowest BCUT2D eigenvalue weighted by molar-refractivity contribution is -0.147. The maximum absolute atomic E-state index is 12.7. The average Bonchev–Trinajstić information content (AvgIpc) is 2.74. The molecule has 0 saturated heterocycles. The molecule has 4 unspecified atom stereocenters. The zero-order valence-electron chi connectivity index (χ0n) is 18.9. The Morgan fingerprint density at radius 3 is 1.71 bits per heavy atom. The number of amides is 4. The van der Waals surface area contributed by atoms with Crippen molar-refractivity contribution in [3.8, 4) is 0 Å². The van der Waals surface area contributed by atoms with Crippen molar-refractivity contribution in [1.29, 1.82) is 0 Å². The van der Waals surface area contributed by atoms with Crippen LogP contribution in [0, 0.1) is 0 Å². The van der Waals surface area contributed by atoms with E-state index in [2.05, 4.69) is 10.6 Å². The Balaban J connectivity index is 5.53. The topological polar surface area (TPSA) is 294 Å². The van der Waals surface area contributed by atoms with Gasteiger partial charge in [-0.1, -0.05) is 6.42 Å². The molecular formula is C19H32N6O10. The number of aliphatic carboxylic acids is 3. The molecule has 0 aliphatic heterocycles. The number of nitrogens with one attached hydrogen (secondary N) is 3. The molecule has 0 aromatic rings. The second-order valence-electron chi connectivity index (χ2n) is 7.61. The SMILES string of the molecule is NCCCCC(N)C(=O)NC(CCC(=O)O)C(=O)NC(CC(N)=O)C(=O)NC(CC(=O)O)C(=O)O. The number of carboxylic acids is 3. The zero-order valence-corrected chi connectivity index (χ0v) is 18.9. The van der Waals surface area contributed by atoms with Gasteiger partial charge < -0.3 is 48.5 Å². The molecule has 0 bridgehead atoms. The molecule has 16 heteroatoms. The van der Waals surface area contributed by atoms with E-state index in [1.807, 2.05) is 5.32 Å². The largest absolute Gasteiger partial charge is 0.481 e. The van der Waals surface area contributed by atoms with Crippen molar-refractivity contribution in [2.45, 2.75) is 69.1 Å². The van der Waals surface area contributed by atoms with Crippen LogP contribution in [0.25, 0.3) is 0 Å². The molecule has 0 aromatic carbocycles. The molecule has 35 heavy (non-hydrogen) atoms. The van der Waals surface area contributed by atoms with Crippen molar-refractivity contribution in [1.82, 2.24) is 16.0 Å². The molecule has 0 heterocycles. The normalized spacial score (nSPS) is 14.0. The first-order chi connectivity index (χ1) is 16.3. The number of unbranched alkanes of at least 4 members (excludes halogenated alkanes) is 1. The second kappa shape index (κ2) is 15.9. The number of hydrogen-bond acceptors (Lipinski definition) is 9. The lowest BCUT2D eigenvalue weighted by atomic mass is 10.1. The molecule has 0 radical (unpaired) electrons. The predicted octanol–water partition coefficient (Wildman–Crippen LogP) is -3.80. The highest BCUT2D eigenvalue weighted by Crippen LogP contribution is 2.05. The highest BCUT2D eigenvalue weighted by atomic mass is 16.4. The van der Waals surface area contributed by atoms with Crippen molar-refractivity contribution < 1.29 is 48.9 Å². The van der Waals surface area contributed by atoms with Gasteiger partial charge in [0.15, 0.2) is 0 Å². The van der Waals surface area contributed by atoms with Gasteiger partial charge in [-0.2, -0.15) is 0 Å². The Hall–Kier alpha value is -3.79. The summed E-state index contributed by atoms with van der Waals surface area (Å²) < 4.78 is 0. The van der Waals surface area contributed by atoms with Gasteiger partial charge in [-0.05, 0) is 25.8 Å². The van der Waals surface area contributed by atoms with Crippen molar-refractivity contribution in [3.63, 3.8) is 0 Å². The van der Waals surface area contributed by atoms with E-state index in [9.17, 15) is 33.6 Å². The van der Waals surface area contributed by atoms with E-state index < -0.39 is 91.4 Å². The van der Waals surface area contributed by atoms with Gasteiger partial charge in [0.05, 0.1) is 18.9 Å². The summed E-state index contributed by atoms with van der Waals surface area (Å²) in [4.78, 5) is 81.9. The maximum atomic E-state index is 12.7. The number of carbonyl (C=O) groups excluding carboxylic acids is 4. The first-order valence-corrected chi connectivity index (χ1v) is 10.6. The molecule has 12 N–H and O–H groups in total. The molecule has 0 spiro atoms. The molecule has 0 fully saturated rings. The minimum Gasteiger partial charge on any atom is -0.481 e. The van der Waals surface area contributed by atoms with Crippen LogP contribution in [0.15, 0.2) is 0 Å². The molecule has 0 aromatic heterocycles. The lowest BCUT2D eigenvalue weighted by Gasteiger charge is -2.24. The van der Waals surface area contributed by atoms with Crippen LogP contribution < -0.4 is 33.2 Å². The van der Waals surface area contributed by atoms with Crippen LogP contribution >= 0.6 is 0 Å². The molecule has 16 nitrogen and oxygen atoms in total. The molecule has 4 atom stereocenters. The second-order valence-corrected chi connectivity index (χ2v) is 7.61. The first-order valence-electron chi connectivity index (χ1n) is 10.6. The lowest BCUT2D eigenvalue weighted by Crippen LogP contribution is -2.58. The molecule has 0 saturated carbocycles. The van der Waals surface area contributed by atoms with Crippen LogP contribution in [0.5, 0.6) is 0 Å². The Labute approximate surface area is 199 Å². The van der Waals surface area contributed by atoms with E-state index in [0.717, 1.165) is 0 Å². The highest BCUT2D eigenvalue weighted by Gasteiger charge is 2.32. The van der Waals surface area contributed by atoms with Crippen molar-refractivity contribution in [3.05, 3.63) is 0 Å². The minimum absolute atomic E-state index is 0.239. The van der Waals surface area contributed by atoms with Crippen LogP contribution in [-0.2, 0) is 33.6 Å². The summed E-state index contributed by atoms with van der Waals surface area (Å²) in [6, 6.07) is -6.12. The molecular weight excluding hydrogens is 472 g/mol. The minimum atomic E-state index is -1.87. The van der Waals surface area contributed by atoms with Crippen LogP contribution in [-0.4, -0.2) is 87.6 Å². The van der Waals surface area contributed by atoms with Crippen LogP contribution in [0.2, 0.25) is 0 Å². The van der Waals surface area contributed by atoms with Gasteiger partial charge in [0.1, 0.15) is 18.1 Å².